The van der Waals surface area contributed by atoms with Crippen LogP contribution in [0.2, 0.25) is 0 Å². The van der Waals surface area contributed by atoms with Crippen molar-refractivity contribution in [3.63, 3.8) is 0 Å². The van der Waals surface area contributed by atoms with Gasteiger partial charge in [0.15, 0.2) is 0 Å². The fourth-order valence-electron chi connectivity index (χ4n) is 1.98. The minimum Gasteiger partial charge on any atom is -0.496 e. The highest BCUT2D eigenvalue weighted by molar-refractivity contribution is 5.95. The molecule has 1 aromatic rings. The lowest BCUT2D eigenvalue weighted by atomic mass is 9.88. The number of hydrogen-bond acceptors (Lipinski definition) is 4. The van der Waals surface area contributed by atoms with Crippen LogP contribution in [0.3, 0.4) is 0 Å². The van der Waals surface area contributed by atoms with Gasteiger partial charge in [0.2, 0.25) is 0 Å². The largest absolute Gasteiger partial charge is 0.496 e. The fraction of sp³-hybridized carbons (Fsp3) is 0.562. The topological polar surface area (TPSA) is 73.6 Å². The van der Waals surface area contributed by atoms with Crippen molar-refractivity contribution in [2.45, 2.75) is 33.2 Å². The van der Waals surface area contributed by atoms with Gasteiger partial charge in [-0.05, 0) is 31.9 Å². The van der Waals surface area contributed by atoms with Crippen molar-refractivity contribution in [2.24, 2.45) is 11.7 Å². The van der Waals surface area contributed by atoms with Gasteiger partial charge in [-0.1, -0.05) is 13.8 Å². The molecule has 1 unspecified atom stereocenters. The highest BCUT2D eigenvalue weighted by Crippen LogP contribution is 2.29. The molecule has 0 bridgehead atoms. The van der Waals surface area contributed by atoms with Gasteiger partial charge in [0.05, 0.1) is 19.8 Å². The maximum atomic E-state index is 12.5. The molecule has 1 amide bonds. The molecule has 0 saturated heterocycles. The van der Waals surface area contributed by atoms with Crippen LogP contribution in [0.5, 0.6) is 11.5 Å². The van der Waals surface area contributed by atoms with E-state index in [1.807, 2.05) is 27.7 Å². The molecule has 0 heterocycles. The molecule has 0 spiro atoms. The second-order valence-electron chi connectivity index (χ2n) is 5.74. The Labute approximate surface area is 126 Å². The Morgan fingerprint density at radius 1 is 1.29 bits per heavy atom. The summed E-state index contributed by atoms with van der Waals surface area (Å²) in [4.78, 5) is 12.5. The van der Waals surface area contributed by atoms with Crippen LogP contribution in [0, 0.1) is 12.8 Å². The maximum absolute atomic E-state index is 12.5. The van der Waals surface area contributed by atoms with Gasteiger partial charge in [-0.2, -0.15) is 0 Å². The van der Waals surface area contributed by atoms with Crippen molar-refractivity contribution in [3.8, 4) is 11.5 Å². The van der Waals surface area contributed by atoms with Gasteiger partial charge in [-0.15, -0.1) is 0 Å². The maximum Gasteiger partial charge on any atom is 0.252 e. The summed E-state index contributed by atoms with van der Waals surface area (Å²) < 4.78 is 10.6. The summed E-state index contributed by atoms with van der Waals surface area (Å²) in [6.07, 6.45) is 0. The molecule has 0 fully saturated rings. The van der Waals surface area contributed by atoms with Crippen LogP contribution in [0.25, 0.3) is 0 Å². The van der Waals surface area contributed by atoms with E-state index in [1.54, 1.807) is 26.4 Å². The number of nitrogens with one attached hydrogen (secondary N) is 1. The zero-order valence-corrected chi connectivity index (χ0v) is 13.7. The predicted octanol–water partition coefficient (Wildman–Crippen LogP) is 2.12. The van der Waals surface area contributed by atoms with E-state index in [0.717, 1.165) is 5.56 Å². The third-order valence-electron chi connectivity index (χ3n) is 4.11. The molecule has 118 valence electrons. The Morgan fingerprint density at radius 3 is 2.10 bits per heavy atom. The van der Waals surface area contributed by atoms with Crippen molar-refractivity contribution in [1.29, 1.82) is 0 Å². The first-order chi connectivity index (χ1) is 9.78. The van der Waals surface area contributed by atoms with E-state index in [1.165, 1.54) is 0 Å². The SMILES string of the molecule is COc1cc(C(=O)NC(C)(CN)C(C)C)cc(OC)c1C. The number of methoxy groups -OCH3 is 2. The number of amides is 1. The molecule has 0 aliphatic carbocycles. The van der Waals surface area contributed by atoms with Gasteiger partial charge < -0.3 is 20.5 Å². The van der Waals surface area contributed by atoms with Crippen LogP contribution >= 0.6 is 0 Å². The van der Waals surface area contributed by atoms with Gasteiger partial charge in [-0.3, -0.25) is 4.79 Å². The molecule has 3 N–H and O–H groups in total. The minimum absolute atomic E-state index is 0.187. The van der Waals surface area contributed by atoms with E-state index in [-0.39, 0.29) is 11.8 Å². The van der Waals surface area contributed by atoms with E-state index in [9.17, 15) is 4.79 Å². The lowest BCUT2D eigenvalue weighted by Crippen LogP contribution is -2.55. The number of carbonyl (C=O) groups is 1. The van der Waals surface area contributed by atoms with Crippen molar-refractivity contribution >= 4 is 5.91 Å². The van der Waals surface area contributed by atoms with Gasteiger partial charge in [-0.25, -0.2) is 0 Å². The monoisotopic (exact) mass is 294 g/mol. The van der Waals surface area contributed by atoms with E-state index in [2.05, 4.69) is 5.32 Å². The Kier molecular flexibility index (Phi) is 5.61. The molecule has 5 nitrogen and oxygen atoms in total. The normalized spacial score (nSPS) is 13.7. The fourth-order valence-corrected chi connectivity index (χ4v) is 1.98. The van der Waals surface area contributed by atoms with Crippen LogP contribution in [0.4, 0.5) is 0 Å². The summed E-state index contributed by atoms with van der Waals surface area (Å²) in [5.74, 6) is 1.28. The lowest BCUT2D eigenvalue weighted by molar-refractivity contribution is 0.0882. The van der Waals surface area contributed by atoms with E-state index >= 15 is 0 Å². The molecule has 21 heavy (non-hydrogen) atoms. The van der Waals surface area contributed by atoms with Crippen molar-refractivity contribution in [1.82, 2.24) is 5.32 Å². The Morgan fingerprint density at radius 2 is 1.76 bits per heavy atom. The van der Waals surface area contributed by atoms with Crippen LogP contribution in [0.15, 0.2) is 12.1 Å². The highest BCUT2D eigenvalue weighted by atomic mass is 16.5. The smallest absolute Gasteiger partial charge is 0.252 e. The number of carbonyl (C=O) groups excluding carboxylic acids is 1. The number of rotatable bonds is 6. The predicted molar refractivity (Wildman–Crippen MR) is 84.0 cm³/mol. The van der Waals surface area contributed by atoms with E-state index in [0.29, 0.717) is 23.6 Å². The third-order valence-corrected chi connectivity index (χ3v) is 4.11. The van der Waals surface area contributed by atoms with Crippen molar-refractivity contribution in [2.75, 3.05) is 20.8 Å². The number of nitrogens with two attached hydrogens (primary N) is 1. The summed E-state index contributed by atoms with van der Waals surface area (Å²) in [5.41, 5.74) is 6.71. The molecular formula is C16H26N2O3. The van der Waals surface area contributed by atoms with Crippen LogP contribution in [-0.2, 0) is 0 Å². The summed E-state index contributed by atoms with van der Waals surface area (Å²) in [6.45, 7) is 8.26. The Balaban J connectivity index is 3.13. The molecule has 0 aromatic heterocycles. The summed E-state index contributed by atoms with van der Waals surface area (Å²) in [6, 6.07) is 3.43. The van der Waals surface area contributed by atoms with Crippen molar-refractivity contribution < 1.29 is 14.3 Å². The zero-order chi connectivity index (χ0) is 16.2. The van der Waals surface area contributed by atoms with E-state index in [4.69, 9.17) is 15.2 Å². The molecule has 5 heteroatoms. The second-order valence-corrected chi connectivity index (χ2v) is 5.74. The van der Waals surface area contributed by atoms with Crippen LogP contribution in [0.1, 0.15) is 36.7 Å². The summed E-state index contributed by atoms with van der Waals surface area (Å²) >= 11 is 0. The quantitative estimate of drug-likeness (QED) is 0.843. The lowest BCUT2D eigenvalue weighted by Gasteiger charge is -2.33. The Hall–Kier alpha value is -1.75. The van der Waals surface area contributed by atoms with E-state index < -0.39 is 5.54 Å². The third kappa shape index (κ3) is 3.67. The molecule has 0 aliphatic heterocycles. The molecule has 1 atom stereocenters. The molecule has 0 radical (unpaired) electrons. The Bertz CT molecular complexity index is 489. The number of hydrogen-bond donors (Lipinski definition) is 2. The first-order valence-electron chi connectivity index (χ1n) is 7.04. The first-order valence-corrected chi connectivity index (χ1v) is 7.04. The summed E-state index contributed by atoms with van der Waals surface area (Å²) in [7, 11) is 3.14. The number of ether oxygens (including phenoxy) is 2. The highest BCUT2D eigenvalue weighted by Gasteiger charge is 2.29. The second kappa shape index (κ2) is 6.80. The van der Waals surface area contributed by atoms with Gasteiger partial charge >= 0.3 is 0 Å². The molecule has 1 aromatic carbocycles. The van der Waals surface area contributed by atoms with Gasteiger partial charge in [0, 0.05) is 17.7 Å². The first kappa shape index (κ1) is 17.3. The average Bonchev–Trinajstić information content (AvgIpc) is 2.46. The number of benzene rings is 1. The van der Waals surface area contributed by atoms with Crippen LogP contribution < -0.4 is 20.5 Å². The zero-order valence-electron chi connectivity index (χ0n) is 13.7. The van der Waals surface area contributed by atoms with Gasteiger partial charge in [0.1, 0.15) is 11.5 Å². The molecule has 1 rings (SSSR count). The molecule has 0 aliphatic rings. The van der Waals surface area contributed by atoms with Gasteiger partial charge in [0.25, 0.3) is 5.91 Å². The minimum atomic E-state index is -0.456. The average molecular weight is 294 g/mol. The molecular weight excluding hydrogens is 268 g/mol. The summed E-state index contributed by atoms with van der Waals surface area (Å²) in [5, 5.41) is 3.01. The standard InChI is InChI=1S/C16H26N2O3/c1-10(2)16(4,9-17)18-15(19)12-7-13(20-5)11(3)14(8-12)21-6/h7-8,10H,9,17H2,1-6H3,(H,18,19). The van der Waals surface area contributed by atoms with Crippen molar-refractivity contribution in [3.05, 3.63) is 23.3 Å². The van der Waals surface area contributed by atoms with Crippen LogP contribution in [-0.4, -0.2) is 32.2 Å². The molecule has 0 saturated carbocycles.